The minimum atomic E-state index is -4.14. The molecule has 0 unspecified atom stereocenters. The average Bonchev–Trinajstić information content (AvgIpc) is 2.96. The first-order chi connectivity index (χ1) is 13.5. The SMILES string of the molecule is COC(=O)c1sc2nc(C)nc(Oc3ccc(S(N)(=O)=O)cc3[N+](=O)[O-])c2c1C. The number of methoxy groups -OCH3 is 1. The van der Waals surface area contributed by atoms with Crippen LogP contribution in [0, 0.1) is 24.0 Å². The number of aryl methyl sites for hydroxylation is 2. The van der Waals surface area contributed by atoms with Crippen LogP contribution in [0.1, 0.15) is 21.1 Å². The van der Waals surface area contributed by atoms with Gasteiger partial charge in [-0.2, -0.15) is 4.98 Å². The molecule has 0 fully saturated rings. The molecular weight excluding hydrogens is 424 g/mol. The van der Waals surface area contributed by atoms with E-state index in [1.807, 2.05) is 0 Å². The fourth-order valence-electron chi connectivity index (χ4n) is 2.57. The van der Waals surface area contributed by atoms with Gasteiger partial charge in [0.1, 0.15) is 15.5 Å². The summed E-state index contributed by atoms with van der Waals surface area (Å²) in [6, 6.07) is 3.00. The number of carbonyl (C=O) groups is 1. The Balaban J connectivity index is 2.19. The Kier molecular flexibility index (Phi) is 5.21. The highest BCUT2D eigenvalue weighted by Crippen LogP contribution is 2.39. The van der Waals surface area contributed by atoms with E-state index < -0.39 is 31.5 Å². The molecule has 3 aromatic rings. The van der Waals surface area contributed by atoms with Gasteiger partial charge in [0.2, 0.25) is 21.7 Å². The zero-order chi connectivity index (χ0) is 21.5. The van der Waals surface area contributed by atoms with Gasteiger partial charge in [-0.1, -0.05) is 0 Å². The summed E-state index contributed by atoms with van der Waals surface area (Å²) in [5, 5.41) is 16.8. The predicted molar refractivity (Wildman–Crippen MR) is 103 cm³/mol. The second kappa shape index (κ2) is 7.35. The number of benzene rings is 1. The van der Waals surface area contributed by atoms with Crippen molar-refractivity contribution in [2.24, 2.45) is 5.14 Å². The lowest BCUT2D eigenvalue weighted by Crippen LogP contribution is -2.12. The highest BCUT2D eigenvalue weighted by atomic mass is 32.2. The van der Waals surface area contributed by atoms with Crippen molar-refractivity contribution in [2.45, 2.75) is 18.7 Å². The molecule has 0 bridgehead atoms. The average molecular weight is 438 g/mol. The molecule has 0 aliphatic carbocycles. The molecule has 152 valence electrons. The number of sulfonamides is 1. The second-order valence-electron chi connectivity index (χ2n) is 5.84. The van der Waals surface area contributed by atoms with E-state index in [1.54, 1.807) is 13.8 Å². The Hall–Kier alpha value is -3.16. The smallest absolute Gasteiger partial charge is 0.348 e. The van der Waals surface area contributed by atoms with E-state index >= 15 is 0 Å². The van der Waals surface area contributed by atoms with Gasteiger partial charge in [-0.3, -0.25) is 10.1 Å². The third-order valence-corrected chi connectivity index (χ3v) is 5.98. The molecule has 0 saturated carbocycles. The third-order valence-electron chi connectivity index (χ3n) is 3.90. The van der Waals surface area contributed by atoms with Crippen molar-refractivity contribution < 1.29 is 27.6 Å². The minimum absolute atomic E-state index is 0.0112. The van der Waals surface area contributed by atoms with Crippen molar-refractivity contribution in [1.29, 1.82) is 0 Å². The highest BCUT2D eigenvalue weighted by Gasteiger charge is 2.25. The lowest BCUT2D eigenvalue weighted by atomic mass is 10.2. The van der Waals surface area contributed by atoms with Gasteiger partial charge >= 0.3 is 11.7 Å². The van der Waals surface area contributed by atoms with Crippen molar-refractivity contribution in [2.75, 3.05) is 7.11 Å². The van der Waals surface area contributed by atoms with Gasteiger partial charge in [-0.25, -0.2) is 23.3 Å². The van der Waals surface area contributed by atoms with E-state index in [0.29, 0.717) is 26.5 Å². The molecule has 3 rings (SSSR count). The van der Waals surface area contributed by atoms with Crippen LogP contribution in [0.15, 0.2) is 23.1 Å². The molecule has 2 N–H and O–H groups in total. The number of carbonyl (C=O) groups excluding carboxylic acids is 1. The first-order valence-electron chi connectivity index (χ1n) is 7.88. The Labute approximate surface area is 168 Å². The van der Waals surface area contributed by atoms with Gasteiger partial charge in [-0.05, 0) is 31.5 Å². The quantitative estimate of drug-likeness (QED) is 0.358. The standard InChI is InChI=1S/C16H14N4O7S2/c1-7-12-14(18-8(2)19-15(12)28-13(7)16(21)26-3)27-11-5-4-9(29(17,24)25)6-10(11)20(22)23/h4-6H,1-3H3,(H2,17,24,25). The Bertz CT molecular complexity index is 1270. The molecule has 1 aromatic carbocycles. The number of ether oxygens (including phenoxy) is 2. The molecule has 0 amide bonds. The number of nitro benzene ring substituents is 1. The molecule has 2 aromatic heterocycles. The first-order valence-corrected chi connectivity index (χ1v) is 10.2. The van der Waals surface area contributed by atoms with E-state index in [9.17, 15) is 23.3 Å². The number of hydrogen-bond donors (Lipinski definition) is 1. The van der Waals surface area contributed by atoms with Gasteiger partial charge in [0.05, 0.1) is 22.3 Å². The number of nitrogens with two attached hydrogens (primary N) is 1. The topological polar surface area (TPSA) is 165 Å². The van der Waals surface area contributed by atoms with Crippen LogP contribution in [0.3, 0.4) is 0 Å². The van der Waals surface area contributed by atoms with Crippen LogP contribution in [-0.2, 0) is 14.8 Å². The summed E-state index contributed by atoms with van der Waals surface area (Å²) in [6.07, 6.45) is 0. The predicted octanol–water partition coefficient (Wildman–Crippen LogP) is 2.44. The summed E-state index contributed by atoms with van der Waals surface area (Å²) < 4.78 is 33.4. The van der Waals surface area contributed by atoms with Crippen LogP contribution in [0.4, 0.5) is 5.69 Å². The van der Waals surface area contributed by atoms with Crippen LogP contribution in [0.25, 0.3) is 10.2 Å². The summed E-state index contributed by atoms with van der Waals surface area (Å²) in [4.78, 5) is 31.4. The highest BCUT2D eigenvalue weighted by molar-refractivity contribution is 7.89. The number of fused-ring (bicyclic) bond motifs is 1. The van der Waals surface area contributed by atoms with Crippen molar-refractivity contribution in [3.05, 3.63) is 44.6 Å². The molecular formula is C16H14N4O7S2. The lowest BCUT2D eigenvalue weighted by molar-refractivity contribution is -0.385. The summed E-state index contributed by atoms with van der Waals surface area (Å²) >= 11 is 1.08. The largest absolute Gasteiger partial charge is 0.465 e. The van der Waals surface area contributed by atoms with Crippen molar-refractivity contribution in [3.63, 3.8) is 0 Å². The normalized spacial score (nSPS) is 11.4. The van der Waals surface area contributed by atoms with E-state index in [4.69, 9.17) is 14.6 Å². The number of aromatic nitrogens is 2. The van der Waals surface area contributed by atoms with E-state index in [0.717, 1.165) is 29.5 Å². The number of hydrogen-bond acceptors (Lipinski definition) is 10. The Morgan fingerprint density at radius 1 is 1.28 bits per heavy atom. The van der Waals surface area contributed by atoms with Crippen LogP contribution < -0.4 is 9.88 Å². The zero-order valence-corrected chi connectivity index (χ0v) is 17.0. The van der Waals surface area contributed by atoms with Crippen LogP contribution in [-0.4, -0.2) is 36.4 Å². The van der Waals surface area contributed by atoms with Crippen LogP contribution in [0.2, 0.25) is 0 Å². The van der Waals surface area contributed by atoms with Crippen LogP contribution in [0.5, 0.6) is 11.6 Å². The molecule has 11 nitrogen and oxygen atoms in total. The lowest BCUT2D eigenvalue weighted by Gasteiger charge is -2.09. The Morgan fingerprint density at radius 3 is 2.55 bits per heavy atom. The molecule has 0 aliphatic rings. The number of nitrogens with zero attached hydrogens (tertiary/aromatic N) is 3. The van der Waals surface area contributed by atoms with Gasteiger partial charge in [0.15, 0.2) is 0 Å². The molecule has 0 aliphatic heterocycles. The number of nitro groups is 1. The van der Waals surface area contributed by atoms with E-state index in [-0.39, 0.29) is 11.6 Å². The van der Waals surface area contributed by atoms with Crippen molar-refractivity contribution >= 4 is 43.2 Å². The molecule has 0 atom stereocenters. The molecule has 0 radical (unpaired) electrons. The summed E-state index contributed by atoms with van der Waals surface area (Å²) in [7, 11) is -2.89. The maximum atomic E-state index is 12.0. The zero-order valence-electron chi connectivity index (χ0n) is 15.3. The second-order valence-corrected chi connectivity index (χ2v) is 8.40. The summed E-state index contributed by atoms with van der Waals surface area (Å²) in [6.45, 7) is 3.24. The fraction of sp³-hybridized carbons (Fsp3) is 0.188. The van der Waals surface area contributed by atoms with E-state index in [1.165, 1.54) is 7.11 Å². The Morgan fingerprint density at radius 2 is 1.97 bits per heavy atom. The number of thiophene rings is 1. The summed E-state index contributed by atoms with van der Waals surface area (Å²) in [5.41, 5.74) is -0.113. The van der Waals surface area contributed by atoms with Gasteiger partial charge in [-0.15, -0.1) is 11.3 Å². The molecule has 2 heterocycles. The van der Waals surface area contributed by atoms with Gasteiger partial charge in [0, 0.05) is 6.07 Å². The maximum absolute atomic E-state index is 12.0. The maximum Gasteiger partial charge on any atom is 0.348 e. The molecule has 0 saturated heterocycles. The summed E-state index contributed by atoms with van der Waals surface area (Å²) in [5.74, 6) is -0.499. The van der Waals surface area contributed by atoms with Crippen molar-refractivity contribution in [3.8, 4) is 11.6 Å². The fourth-order valence-corrected chi connectivity index (χ4v) is 4.24. The first kappa shape index (κ1) is 20.6. The molecule has 0 spiro atoms. The molecule has 13 heteroatoms. The monoisotopic (exact) mass is 438 g/mol. The number of esters is 1. The van der Waals surface area contributed by atoms with Gasteiger partial charge in [0.25, 0.3) is 0 Å². The van der Waals surface area contributed by atoms with Gasteiger partial charge < -0.3 is 9.47 Å². The number of primary sulfonamides is 1. The third kappa shape index (κ3) is 3.87. The molecule has 29 heavy (non-hydrogen) atoms. The minimum Gasteiger partial charge on any atom is -0.465 e. The number of rotatable bonds is 5. The van der Waals surface area contributed by atoms with Crippen LogP contribution >= 0.6 is 11.3 Å². The van der Waals surface area contributed by atoms with E-state index in [2.05, 4.69) is 9.97 Å². The van der Waals surface area contributed by atoms with Crippen molar-refractivity contribution in [1.82, 2.24) is 9.97 Å².